The largest absolute Gasteiger partial charge is 0.369 e. The monoisotopic (exact) mass is 365 g/mol. The molecule has 1 atom stereocenters. The SMILES string of the molecule is Cc1ccc(CN2CC3(C2)CN(C)[C@H](C(=O)N2CCCCO2)CO3)s1. The summed E-state index contributed by atoms with van der Waals surface area (Å²) in [6.07, 6.45) is 2.05. The second-order valence-corrected chi connectivity index (χ2v) is 8.94. The number of carbonyl (C=O) groups is 1. The maximum absolute atomic E-state index is 12.7. The first-order chi connectivity index (χ1) is 12.0. The van der Waals surface area contributed by atoms with Crippen LogP contribution in [-0.4, -0.2) is 78.9 Å². The first-order valence-electron chi connectivity index (χ1n) is 9.11. The Balaban J connectivity index is 1.29. The Morgan fingerprint density at radius 1 is 1.32 bits per heavy atom. The van der Waals surface area contributed by atoms with Gasteiger partial charge in [0.1, 0.15) is 11.6 Å². The number of aryl methyl sites for hydroxylation is 1. The van der Waals surface area contributed by atoms with Gasteiger partial charge in [-0.05, 0) is 38.9 Å². The molecule has 0 unspecified atom stereocenters. The summed E-state index contributed by atoms with van der Waals surface area (Å²) in [4.78, 5) is 25.5. The number of nitrogens with zero attached hydrogens (tertiary/aromatic N) is 3. The number of hydrogen-bond acceptors (Lipinski definition) is 6. The van der Waals surface area contributed by atoms with E-state index in [0.717, 1.165) is 39.0 Å². The molecule has 0 bridgehead atoms. The molecule has 0 saturated carbocycles. The molecule has 1 aromatic heterocycles. The van der Waals surface area contributed by atoms with Gasteiger partial charge in [0.2, 0.25) is 0 Å². The molecule has 1 spiro atoms. The minimum Gasteiger partial charge on any atom is -0.369 e. The Bertz CT molecular complexity index is 623. The molecule has 3 aliphatic rings. The van der Waals surface area contributed by atoms with E-state index in [1.165, 1.54) is 14.8 Å². The number of thiophene rings is 1. The minimum absolute atomic E-state index is 0.0438. The Morgan fingerprint density at radius 3 is 2.80 bits per heavy atom. The van der Waals surface area contributed by atoms with Crippen molar-refractivity contribution < 1.29 is 14.4 Å². The van der Waals surface area contributed by atoms with E-state index in [1.807, 2.05) is 18.4 Å². The average molecular weight is 365 g/mol. The van der Waals surface area contributed by atoms with Gasteiger partial charge in [0, 0.05) is 42.5 Å². The highest BCUT2D eigenvalue weighted by atomic mass is 32.1. The van der Waals surface area contributed by atoms with Crippen molar-refractivity contribution >= 4 is 17.2 Å². The molecule has 1 aromatic rings. The summed E-state index contributed by atoms with van der Waals surface area (Å²) in [5.74, 6) is 0.0438. The number of carbonyl (C=O) groups excluding carboxylic acids is 1. The first kappa shape index (κ1) is 17.4. The van der Waals surface area contributed by atoms with Crippen molar-refractivity contribution in [3.63, 3.8) is 0 Å². The molecule has 3 aliphatic heterocycles. The Labute approximate surface area is 153 Å². The molecule has 138 valence electrons. The molecular weight excluding hydrogens is 338 g/mol. The van der Waals surface area contributed by atoms with Crippen LogP contribution < -0.4 is 0 Å². The zero-order valence-corrected chi connectivity index (χ0v) is 15.9. The zero-order chi connectivity index (χ0) is 17.4. The van der Waals surface area contributed by atoms with Crippen LogP contribution in [0.15, 0.2) is 12.1 Å². The second-order valence-electron chi connectivity index (χ2n) is 7.56. The van der Waals surface area contributed by atoms with Crippen LogP contribution >= 0.6 is 11.3 Å². The van der Waals surface area contributed by atoms with E-state index in [4.69, 9.17) is 9.57 Å². The van der Waals surface area contributed by atoms with E-state index in [-0.39, 0.29) is 17.6 Å². The van der Waals surface area contributed by atoms with Gasteiger partial charge in [-0.25, -0.2) is 5.06 Å². The Kier molecular flexibility index (Phi) is 4.85. The number of likely N-dealkylation sites (N-methyl/N-ethyl adjacent to an activating group) is 1. The molecule has 7 heteroatoms. The van der Waals surface area contributed by atoms with Gasteiger partial charge in [-0.15, -0.1) is 11.3 Å². The van der Waals surface area contributed by atoms with Crippen LogP contribution in [0.3, 0.4) is 0 Å². The molecule has 0 radical (unpaired) electrons. The van der Waals surface area contributed by atoms with Crippen LogP contribution in [-0.2, 0) is 20.9 Å². The molecule has 6 nitrogen and oxygen atoms in total. The van der Waals surface area contributed by atoms with Crippen LogP contribution in [0.1, 0.15) is 22.6 Å². The lowest BCUT2D eigenvalue weighted by molar-refractivity contribution is -0.224. The average Bonchev–Trinajstić information content (AvgIpc) is 2.99. The second kappa shape index (κ2) is 6.96. The first-order valence-corrected chi connectivity index (χ1v) is 9.92. The van der Waals surface area contributed by atoms with Crippen LogP contribution in [0.2, 0.25) is 0 Å². The van der Waals surface area contributed by atoms with Gasteiger partial charge in [-0.2, -0.15) is 0 Å². The zero-order valence-electron chi connectivity index (χ0n) is 15.1. The van der Waals surface area contributed by atoms with E-state index < -0.39 is 0 Å². The van der Waals surface area contributed by atoms with Crippen molar-refractivity contribution in [2.24, 2.45) is 0 Å². The summed E-state index contributed by atoms with van der Waals surface area (Å²) in [5.41, 5.74) is -0.111. The van der Waals surface area contributed by atoms with E-state index in [9.17, 15) is 4.79 Å². The van der Waals surface area contributed by atoms with Gasteiger partial charge < -0.3 is 4.74 Å². The van der Waals surface area contributed by atoms with Gasteiger partial charge in [0.25, 0.3) is 5.91 Å². The predicted octanol–water partition coefficient (Wildman–Crippen LogP) is 1.50. The maximum Gasteiger partial charge on any atom is 0.265 e. The van der Waals surface area contributed by atoms with Crippen molar-refractivity contribution in [3.05, 3.63) is 21.9 Å². The van der Waals surface area contributed by atoms with Gasteiger partial charge in [-0.3, -0.25) is 19.4 Å². The maximum atomic E-state index is 12.7. The highest BCUT2D eigenvalue weighted by Crippen LogP contribution is 2.33. The summed E-state index contributed by atoms with van der Waals surface area (Å²) in [6, 6.07) is 4.17. The Morgan fingerprint density at radius 2 is 2.16 bits per heavy atom. The van der Waals surface area contributed by atoms with Crippen molar-refractivity contribution in [2.75, 3.05) is 46.4 Å². The smallest absolute Gasteiger partial charge is 0.265 e. The molecular formula is C18H27N3O3S. The van der Waals surface area contributed by atoms with Crippen LogP contribution in [0.4, 0.5) is 0 Å². The number of morpholine rings is 1. The fraction of sp³-hybridized carbons (Fsp3) is 0.722. The Hall–Kier alpha value is -0.990. The van der Waals surface area contributed by atoms with Crippen molar-refractivity contribution in [1.29, 1.82) is 0 Å². The lowest BCUT2D eigenvalue weighted by Crippen LogP contribution is -2.72. The number of hydrogen-bond donors (Lipinski definition) is 0. The molecule has 25 heavy (non-hydrogen) atoms. The van der Waals surface area contributed by atoms with Gasteiger partial charge in [0.05, 0.1) is 13.2 Å². The fourth-order valence-corrected chi connectivity index (χ4v) is 4.99. The molecule has 0 N–H and O–H groups in total. The van der Waals surface area contributed by atoms with Gasteiger partial charge >= 0.3 is 0 Å². The summed E-state index contributed by atoms with van der Waals surface area (Å²) < 4.78 is 6.19. The summed E-state index contributed by atoms with van der Waals surface area (Å²) in [7, 11) is 2.03. The molecule has 1 amide bonds. The third-order valence-electron chi connectivity index (χ3n) is 5.35. The highest BCUT2D eigenvalue weighted by molar-refractivity contribution is 7.11. The molecule has 3 saturated heterocycles. The fourth-order valence-electron chi connectivity index (χ4n) is 4.05. The molecule has 3 fully saturated rings. The molecule has 4 heterocycles. The van der Waals surface area contributed by atoms with E-state index >= 15 is 0 Å². The number of ether oxygens (including phenoxy) is 1. The van der Waals surface area contributed by atoms with Gasteiger partial charge in [-0.1, -0.05) is 0 Å². The third-order valence-corrected chi connectivity index (χ3v) is 6.33. The van der Waals surface area contributed by atoms with Crippen molar-refractivity contribution in [1.82, 2.24) is 14.9 Å². The van der Waals surface area contributed by atoms with E-state index in [1.54, 1.807) is 0 Å². The third kappa shape index (κ3) is 3.61. The van der Waals surface area contributed by atoms with E-state index in [2.05, 4.69) is 28.9 Å². The number of hydroxylamine groups is 2. The van der Waals surface area contributed by atoms with E-state index in [0.29, 0.717) is 19.8 Å². The van der Waals surface area contributed by atoms with Gasteiger partial charge in [0.15, 0.2) is 0 Å². The van der Waals surface area contributed by atoms with Crippen molar-refractivity contribution in [2.45, 2.75) is 38.0 Å². The topological polar surface area (TPSA) is 45.2 Å². The summed E-state index contributed by atoms with van der Waals surface area (Å²) in [5, 5.41) is 1.54. The van der Waals surface area contributed by atoms with Crippen LogP contribution in [0.25, 0.3) is 0 Å². The molecule has 0 aliphatic carbocycles. The summed E-state index contributed by atoms with van der Waals surface area (Å²) >= 11 is 1.86. The lowest BCUT2D eigenvalue weighted by atomic mass is 9.90. The lowest BCUT2D eigenvalue weighted by Gasteiger charge is -2.55. The predicted molar refractivity (Wildman–Crippen MR) is 96.3 cm³/mol. The number of rotatable bonds is 3. The number of amides is 1. The van der Waals surface area contributed by atoms with Crippen LogP contribution in [0, 0.1) is 6.92 Å². The highest BCUT2D eigenvalue weighted by Gasteiger charge is 2.50. The molecule has 4 rings (SSSR count). The summed E-state index contributed by atoms with van der Waals surface area (Å²) in [6.45, 7) is 7.63. The van der Waals surface area contributed by atoms with Crippen LogP contribution in [0.5, 0.6) is 0 Å². The normalized spacial score (nSPS) is 27.4. The van der Waals surface area contributed by atoms with Crippen molar-refractivity contribution in [3.8, 4) is 0 Å². The number of likely N-dealkylation sites (tertiary alicyclic amines) is 1. The quantitative estimate of drug-likeness (QED) is 0.812. The minimum atomic E-state index is -0.224. The standard InChI is InChI=1S/C18H27N3O3S/c1-14-5-6-15(25-14)9-20-12-18(13-20)11-19(2)16(10-23-18)17(22)21-7-3-4-8-24-21/h5-6,16H,3-4,7-13H2,1-2H3/t16-/m0/s1. The molecule has 0 aromatic carbocycles.